The second kappa shape index (κ2) is 5.82. The summed E-state index contributed by atoms with van der Waals surface area (Å²) in [6.45, 7) is 1.70. The van der Waals surface area contributed by atoms with Gasteiger partial charge in [-0.05, 0) is 12.1 Å². The zero-order chi connectivity index (χ0) is 12.8. The van der Waals surface area contributed by atoms with Crippen molar-refractivity contribution in [1.29, 1.82) is 5.26 Å². The predicted octanol–water partition coefficient (Wildman–Crippen LogP) is 0.935. The largest absolute Gasteiger partial charge is 0.364 e. The van der Waals surface area contributed by atoms with Crippen LogP contribution in [0.25, 0.3) is 0 Å². The van der Waals surface area contributed by atoms with Crippen molar-refractivity contribution in [3.05, 3.63) is 30.3 Å². The first-order valence-electron chi connectivity index (χ1n) is 5.85. The summed E-state index contributed by atoms with van der Waals surface area (Å²) in [5.41, 5.74) is 0.786. The highest BCUT2D eigenvalue weighted by molar-refractivity contribution is 6.43. The number of aliphatic imine (C=N–C) groups is 1. The first-order chi connectivity index (χ1) is 8.83. The van der Waals surface area contributed by atoms with Crippen LogP contribution in [0.3, 0.4) is 0 Å². The Morgan fingerprint density at radius 2 is 2.22 bits per heavy atom. The van der Waals surface area contributed by atoms with E-state index in [1.807, 2.05) is 30.3 Å². The van der Waals surface area contributed by atoms with Gasteiger partial charge in [-0.2, -0.15) is 5.26 Å². The van der Waals surface area contributed by atoms with Gasteiger partial charge in [0.15, 0.2) is 5.84 Å². The van der Waals surface area contributed by atoms with Gasteiger partial charge in [0.2, 0.25) is 0 Å². The summed E-state index contributed by atoms with van der Waals surface area (Å²) in [7, 11) is 0. The SMILES string of the molecule is N#CCCN(C(=O)C1=NCCN1)c1ccccc1. The fraction of sp³-hybridized carbons (Fsp3) is 0.308. The Balaban J connectivity index is 2.20. The van der Waals surface area contributed by atoms with E-state index in [1.165, 1.54) is 0 Å². The number of rotatable bonds is 4. The van der Waals surface area contributed by atoms with E-state index in [0.717, 1.165) is 5.69 Å². The molecule has 1 amide bonds. The number of amides is 1. The second-order valence-corrected chi connectivity index (χ2v) is 3.86. The van der Waals surface area contributed by atoms with Gasteiger partial charge in [0.25, 0.3) is 5.91 Å². The quantitative estimate of drug-likeness (QED) is 0.854. The van der Waals surface area contributed by atoms with Crippen molar-refractivity contribution in [2.45, 2.75) is 6.42 Å². The zero-order valence-electron chi connectivity index (χ0n) is 9.97. The number of hydrogen-bond acceptors (Lipinski definition) is 4. The Bertz CT molecular complexity index is 489. The van der Waals surface area contributed by atoms with Crippen molar-refractivity contribution in [3.63, 3.8) is 0 Å². The van der Waals surface area contributed by atoms with Crippen molar-refractivity contribution in [3.8, 4) is 6.07 Å². The van der Waals surface area contributed by atoms with Crippen molar-refractivity contribution in [2.24, 2.45) is 4.99 Å². The van der Waals surface area contributed by atoms with Gasteiger partial charge < -0.3 is 10.2 Å². The predicted molar refractivity (Wildman–Crippen MR) is 69.3 cm³/mol. The van der Waals surface area contributed by atoms with Crippen molar-refractivity contribution < 1.29 is 4.79 Å². The summed E-state index contributed by atoms with van der Waals surface area (Å²) >= 11 is 0. The summed E-state index contributed by atoms with van der Waals surface area (Å²) in [5.74, 6) is 0.214. The minimum absolute atomic E-state index is 0.172. The molecule has 0 saturated carbocycles. The van der Waals surface area contributed by atoms with Gasteiger partial charge in [-0.1, -0.05) is 18.2 Å². The number of nitriles is 1. The smallest absolute Gasteiger partial charge is 0.293 e. The van der Waals surface area contributed by atoms with E-state index in [1.54, 1.807) is 4.90 Å². The van der Waals surface area contributed by atoms with E-state index in [-0.39, 0.29) is 5.91 Å². The number of benzene rings is 1. The molecular formula is C13H14N4O. The molecule has 0 unspecified atom stereocenters. The molecule has 0 saturated heterocycles. The standard InChI is InChI=1S/C13H14N4O/c14-7-4-10-17(11-5-2-1-3-6-11)13(18)12-15-8-9-16-12/h1-3,5-6H,4,8-10H2,(H,15,16). The molecule has 2 rings (SSSR count). The molecule has 0 bridgehead atoms. The number of para-hydroxylation sites is 1. The summed E-state index contributed by atoms with van der Waals surface area (Å²) in [4.78, 5) is 18.0. The Morgan fingerprint density at radius 1 is 1.44 bits per heavy atom. The molecule has 18 heavy (non-hydrogen) atoms. The van der Waals surface area contributed by atoms with Gasteiger partial charge in [0.1, 0.15) is 0 Å². The van der Waals surface area contributed by atoms with Gasteiger partial charge in [0.05, 0.1) is 19.0 Å². The molecule has 0 fully saturated rings. The van der Waals surface area contributed by atoms with Crippen molar-refractivity contribution in [2.75, 3.05) is 24.5 Å². The molecule has 1 aliphatic heterocycles. The number of nitrogens with zero attached hydrogens (tertiary/aromatic N) is 3. The molecular weight excluding hydrogens is 228 g/mol. The fourth-order valence-electron chi connectivity index (χ4n) is 1.79. The molecule has 1 heterocycles. The van der Waals surface area contributed by atoms with Crippen LogP contribution in [0.15, 0.2) is 35.3 Å². The second-order valence-electron chi connectivity index (χ2n) is 3.86. The average Bonchev–Trinajstić information content (AvgIpc) is 2.94. The Hall–Kier alpha value is -2.35. The Kier molecular flexibility index (Phi) is 3.92. The molecule has 1 aromatic carbocycles. The van der Waals surface area contributed by atoms with Crippen LogP contribution < -0.4 is 10.2 Å². The van der Waals surface area contributed by atoms with E-state index < -0.39 is 0 Å². The van der Waals surface area contributed by atoms with Crippen LogP contribution in [-0.2, 0) is 4.79 Å². The summed E-state index contributed by atoms with van der Waals surface area (Å²) in [6, 6.07) is 11.4. The molecule has 1 aromatic rings. The minimum Gasteiger partial charge on any atom is -0.364 e. The number of carbonyl (C=O) groups excluding carboxylic acids is 1. The zero-order valence-corrected chi connectivity index (χ0v) is 9.97. The van der Waals surface area contributed by atoms with Crippen LogP contribution in [0.4, 0.5) is 5.69 Å². The maximum Gasteiger partial charge on any atom is 0.293 e. The molecule has 0 spiro atoms. The molecule has 1 aliphatic rings. The first kappa shape index (κ1) is 12.1. The lowest BCUT2D eigenvalue weighted by atomic mass is 10.2. The van der Waals surface area contributed by atoms with Crippen LogP contribution in [0.2, 0.25) is 0 Å². The van der Waals surface area contributed by atoms with Crippen LogP contribution in [0, 0.1) is 11.3 Å². The number of hydrogen-bond donors (Lipinski definition) is 1. The summed E-state index contributed by atoms with van der Waals surface area (Å²) in [6.07, 6.45) is 0.300. The van der Waals surface area contributed by atoms with Crippen LogP contribution >= 0.6 is 0 Å². The van der Waals surface area contributed by atoms with Crippen LogP contribution in [0.1, 0.15) is 6.42 Å². The summed E-state index contributed by atoms with van der Waals surface area (Å²) in [5, 5.41) is 11.6. The van der Waals surface area contributed by atoms with Gasteiger partial charge in [-0.15, -0.1) is 0 Å². The first-order valence-corrected chi connectivity index (χ1v) is 5.85. The van der Waals surface area contributed by atoms with Gasteiger partial charge >= 0.3 is 0 Å². The number of carbonyl (C=O) groups is 1. The highest BCUT2D eigenvalue weighted by Gasteiger charge is 2.22. The van der Waals surface area contributed by atoms with E-state index in [9.17, 15) is 4.79 Å². The molecule has 5 nitrogen and oxygen atoms in total. The van der Waals surface area contributed by atoms with E-state index in [4.69, 9.17) is 5.26 Å². The molecule has 92 valence electrons. The van der Waals surface area contributed by atoms with Crippen molar-refractivity contribution >= 4 is 17.4 Å². The highest BCUT2D eigenvalue weighted by Crippen LogP contribution is 2.14. The average molecular weight is 242 g/mol. The van der Waals surface area contributed by atoms with Crippen LogP contribution in [0.5, 0.6) is 0 Å². The monoisotopic (exact) mass is 242 g/mol. The third-order valence-corrected chi connectivity index (χ3v) is 2.64. The normalized spacial score (nSPS) is 13.4. The van der Waals surface area contributed by atoms with Gasteiger partial charge in [0, 0.05) is 18.8 Å². The number of amidine groups is 1. The molecule has 5 heteroatoms. The van der Waals surface area contributed by atoms with Crippen molar-refractivity contribution in [1.82, 2.24) is 5.32 Å². The van der Waals surface area contributed by atoms with E-state index in [0.29, 0.717) is 31.9 Å². The maximum absolute atomic E-state index is 12.3. The Labute approximate surface area is 106 Å². The lowest BCUT2D eigenvalue weighted by molar-refractivity contribution is -0.112. The molecule has 0 aromatic heterocycles. The van der Waals surface area contributed by atoms with Gasteiger partial charge in [-0.25, -0.2) is 0 Å². The lowest BCUT2D eigenvalue weighted by Gasteiger charge is -2.21. The molecule has 0 radical (unpaired) electrons. The molecule has 0 aliphatic carbocycles. The number of nitrogens with one attached hydrogen (secondary N) is 1. The van der Waals surface area contributed by atoms with Crippen LogP contribution in [-0.4, -0.2) is 31.4 Å². The minimum atomic E-state index is -0.172. The van der Waals surface area contributed by atoms with E-state index >= 15 is 0 Å². The number of anilines is 1. The topological polar surface area (TPSA) is 68.5 Å². The third-order valence-electron chi connectivity index (χ3n) is 2.64. The highest BCUT2D eigenvalue weighted by atomic mass is 16.2. The molecule has 1 N–H and O–H groups in total. The van der Waals surface area contributed by atoms with E-state index in [2.05, 4.69) is 16.4 Å². The third kappa shape index (κ3) is 2.66. The Morgan fingerprint density at radius 3 is 2.83 bits per heavy atom. The molecule has 0 atom stereocenters. The lowest BCUT2D eigenvalue weighted by Crippen LogP contribution is -2.42. The van der Waals surface area contributed by atoms with Gasteiger partial charge in [-0.3, -0.25) is 9.79 Å². The fourth-order valence-corrected chi connectivity index (χ4v) is 1.79. The summed E-state index contributed by atoms with van der Waals surface area (Å²) < 4.78 is 0. The maximum atomic E-state index is 12.3.